The Balaban J connectivity index is 1.97. The van der Waals surface area contributed by atoms with E-state index < -0.39 is 11.5 Å². The zero-order valence-corrected chi connectivity index (χ0v) is 15.1. The van der Waals surface area contributed by atoms with Gasteiger partial charge in [-0.2, -0.15) is 0 Å². The van der Waals surface area contributed by atoms with Crippen LogP contribution in [-0.2, 0) is 16.0 Å². The summed E-state index contributed by atoms with van der Waals surface area (Å²) in [6.45, 7) is 5.65. The lowest BCUT2D eigenvalue weighted by Gasteiger charge is -2.17. The van der Waals surface area contributed by atoms with Gasteiger partial charge in [0, 0.05) is 16.8 Å². The van der Waals surface area contributed by atoms with Crippen LogP contribution in [0.4, 0.5) is 16.2 Å². The third-order valence-electron chi connectivity index (χ3n) is 3.69. The summed E-state index contributed by atoms with van der Waals surface area (Å²) < 4.78 is 4.56. The second-order valence-corrected chi connectivity index (χ2v) is 6.89. The molecule has 5 heteroatoms. The topological polar surface area (TPSA) is 67.4 Å². The number of rotatable bonds is 4. The Hall–Kier alpha value is -2.82. The van der Waals surface area contributed by atoms with E-state index in [2.05, 4.69) is 15.4 Å². The number of hydrogen-bond acceptors (Lipinski definition) is 3. The fourth-order valence-electron chi connectivity index (χ4n) is 2.14. The summed E-state index contributed by atoms with van der Waals surface area (Å²) >= 11 is 0. The molecule has 0 fully saturated rings. The van der Waals surface area contributed by atoms with E-state index in [1.807, 2.05) is 69.3 Å². The zero-order valence-electron chi connectivity index (χ0n) is 15.1. The number of ether oxygens (including phenoxy) is 1. The lowest BCUT2D eigenvalue weighted by Crippen LogP contribution is -2.27. The highest BCUT2D eigenvalue weighted by Gasteiger charge is 2.20. The average Bonchev–Trinajstić information content (AvgIpc) is 2.57. The van der Waals surface area contributed by atoms with Gasteiger partial charge in [0.25, 0.3) is 0 Å². The SMILES string of the molecule is COC(=O)Nc1ccc(Cc2ccc(NC(=O)C(C)(C)C)cc2)cc1. The van der Waals surface area contributed by atoms with Crippen molar-refractivity contribution in [3.63, 3.8) is 0 Å². The highest BCUT2D eigenvalue weighted by atomic mass is 16.5. The third kappa shape index (κ3) is 5.64. The molecule has 0 atom stereocenters. The number of methoxy groups -OCH3 is 1. The second kappa shape index (κ2) is 7.83. The molecule has 5 nitrogen and oxygen atoms in total. The molecule has 0 radical (unpaired) electrons. The number of benzene rings is 2. The smallest absolute Gasteiger partial charge is 0.411 e. The van der Waals surface area contributed by atoms with E-state index in [-0.39, 0.29) is 5.91 Å². The van der Waals surface area contributed by atoms with Crippen molar-refractivity contribution in [2.24, 2.45) is 5.41 Å². The minimum Gasteiger partial charge on any atom is -0.453 e. The first-order chi connectivity index (χ1) is 11.8. The maximum Gasteiger partial charge on any atom is 0.411 e. The fraction of sp³-hybridized carbons (Fsp3) is 0.300. The Bertz CT molecular complexity index is 729. The summed E-state index contributed by atoms with van der Waals surface area (Å²) in [6, 6.07) is 15.4. The normalized spacial score (nSPS) is 10.9. The molecule has 2 amide bonds. The van der Waals surface area contributed by atoms with Crippen LogP contribution in [0.3, 0.4) is 0 Å². The molecule has 2 aromatic carbocycles. The van der Waals surface area contributed by atoms with Gasteiger partial charge in [0.15, 0.2) is 0 Å². The fourth-order valence-corrected chi connectivity index (χ4v) is 2.14. The molecular formula is C20H24N2O3. The van der Waals surface area contributed by atoms with Crippen LogP contribution in [0, 0.1) is 5.41 Å². The summed E-state index contributed by atoms with van der Waals surface area (Å²) in [4.78, 5) is 23.2. The Kier molecular flexibility index (Phi) is 5.80. The van der Waals surface area contributed by atoms with Crippen molar-refractivity contribution in [2.75, 3.05) is 17.7 Å². The van der Waals surface area contributed by atoms with E-state index in [1.165, 1.54) is 7.11 Å². The quantitative estimate of drug-likeness (QED) is 0.864. The molecule has 0 saturated carbocycles. The first-order valence-electron chi connectivity index (χ1n) is 8.12. The van der Waals surface area contributed by atoms with Crippen LogP contribution in [0.25, 0.3) is 0 Å². The van der Waals surface area contributed by atoms with Gasteiger partial charge in [-0.3, -0.25) is 10.1 Å². The summed E-state index contributed by atoms with van der Waals surface area (Å²) in [5.41, 5.74) is 3.33. The van der Waals surface area contributed by atoms with E-state index in [4.69, 9.17) is 0 Å². The predicted molar refractivity (Wildman–Crippen MR) is 99.8 cm³/mol. The Morgan fingerprint density at radius 2 is 1.28 bits per heavy atom. The van der Waals surface area contributed by atoms with Gasteiger partial charge in [0.2, 0.25) is 5.91 Å². The summed E-state index contributed by atoms with van der Waals surface area (Å²) in [6.07, 6.45) is 0.284. The van der Waals surface area contributed by atoms with Gasteiger partial charge < -0.3 is 10.1 Å². The lowest BCUT2D eigenvalue weighted by atomic mass is 9.95. The highest BCUT2D eigenvalue weighted by molar-refractivity contribution is 5.94. The number of carbonyl (C=O) groups is 2. The average molecular weight is 340 g/mol. The van der Waals surface area contributed by atoms with Crippen molar-refractivity contribution in [1.29, 1.82) is 0 Å². The van der Waals surface area contributed by atoms with Crippen molar-refractivity contribution in [2.45, 2.75) is 27.2 Å². The number of nitrogens with one attached hydrogen (secondary N) is 2. The van der Waals surface area contributed by atoms with E-state index in [9.17, 15) is 9.59 Å². The Morgan fingerprint density at radius 3 is 1.68 bits per heavy atom. The van der Waals surface area contributed by atoms with Gasteiger partial charge in [-0.05, 0) is 41.8 Å². The molecule has 25 heavy (non-hydrogen) atoms. The van der Waals surface area contributed by atoms with Crippen molar-refractivity contribution in [1.82, 2.24) is 0 Å². The van der Waals surface area contributed by atoms with Crippen molar-refractivity contribution >= 4 is 23.4 Å². The molecule has 0 heterocycles. The highest BCUT2D eigenvalue weighted by Crippen LogP contribution is 2.19. The van der Waals surface area contributed by atoms with E-state index in [0.717, 1.165) is 23.2 Å². The molecule has 0 aliphatic rings. The number of hydrogen-bond donors (Lipinski definition) is 2. The monoisotopic (exact) mass is 340 g/mol. The molecule has 132 valence electrons. The van der Waals surface area contributed by atoms with Gasteiger partial charge in [0.1, 0.15) is 0 Å². The minimum absolute atomic E-state index is 0.00561. The van der Waals surface area contributed by atoms with Crippen LogP contribution in [0.1, 0.15) is 31.9 Å². The summed E-state index contributed by atoms with van der Waals surface area (Å²) in [5, 5.41) is 5.53. The molecule has 2 aromatic rings. The van der Waals surface area contributed by atoms with Crippen LogP contribution in [-0.4, -0.2) is 19.1 Å². The second-order valence-electron chi connectivity index (χ2n) is 6.89. The number of carbonyl (C=O) groups excluding carboxylic acids is 2. The molecule has 0 bridgehead atoms. The summed E-state index contributed by atoms with van der Waals surface area (Å²) in [5.74, 6) is -0.00561. The van der Waals surface area contributed by atoms with E-state index in [0.29, 0.717) is 5.69 Å². The molecule has 0 spiro atoms. The minimum atomic E-state index is -0.486. The van der Waals surface area contributed by atoms with Crippen LogP contribution in [0.15, 0.2) is 48.5 Å². The van der Waals surface area contributed by atoms with Gasteiger partial charge in [0.05, 0.1) is 7.11 Å². The molecular weight excluding hydrogens is 316 g/mol. The molecule has 0 unspecified atom stereocenters. The summed E-state index contributed by atoms with van der Waals surface area (Å²) in [7, 11) is 1.33. The number of anilines is 2. The zero-order chi connectivity index (χ0) is 18.4. The molecule has 2 N–H and O–H groups in total. The van der Waals surface area contributed by atoms with Crippen molar-refractivity contribution in [3.05, 3.63) is 59.7 Å². The van der Waals surface area contributed by atoms with Crippen molar-refractivity contribution < 1.29 is 14.3 Å². The van der Waals surface area contributed by atoms with Gasteiger partial charge >= 0.3 is 6.09 Å². The molecule has 0 saturated heterocycles. The maximum atomic E-state index is 12.0. The van der Waals surface area contributed by atoms with Crippen LogP contribution >= 0.6 is 0 Å². The molecule has 2 rings (SSSR count). The van der Waals surface area contributed by atoms with Crippen LogP contribution in [0.5, 0.6) is 0 Å². The maximum absolute atomic E-state index is 12.0. The largest absolute Gasteiger partial charge is 0.453 e. The van der Waals surface area contributed by atoms with Crippen LogP contribution < -0.4 is 10.6 Å². The Morgan fingerprint density at radius 1 is 0.840 bits per heavy atom. The van der Waals surface area contributed by atoms with E-state index in [1.54, 1.807) is 0 Å². The molecule has 0 aromatic heterocycles. The lowest BCUT2D eigenvalue weighted by molar-refractivity contribution is -0.123. The van der Waals surface area contributed by atoms with Crippen molar-refractivity contribution in [3.8, 4) is 0 Å². The standard InChI is InChI=1S/C20H24N2O3/c1-20(2,3)18(23)21-16-9-5-14(6-10-16)13-15-7-11-17(12-8-15)22-19(24)25-4/h5-12H,13H2,1-4H3,(H,21,23)(H,22,24). The van der Waals surface area contributed by atoms with E-state index >= 15 is 0 Å². The van der Waals surface area contributed by atoms with Gasteiger partial charge in [-0.25, -0.2) is 4.79 Å². The van der Waals surface area contributed by atoms with Crippen LogP contribution in [0.2, 0.25) is 0 Å². The first-order valence-corrected chi connectivity index (χ1v) is 8.12. The van der Waals surface area contributed by atoms with Gasteiger partial charge in [-0.15, -0.1) is 0 Å². The predicted octanol–water partition coefficient (Wildman–Crippen LogP) is 4.44. The molecule has 0 aliphatic heterocycles. The number of amides is 2. The van der Waals surface area contributed by atoms with Gasteiger partial charge in [-0.1, -0.05) is 45.0 Å². The Labute approximate surface area is 148 Å². The third-order valence-corrected chi connectivity index (χ3v) is 3.69. The first kappa shape index (κ1) is 18.5. The molecule has 0 aliphatic carbocycles.